The summed E-state index contributed by atoms with van der Waals surface area (Å²) in [6, 6.07) is 3.63. The van der Waals surface area contributed by atoms with Crippen LogP contribution in [0.2, 0.25) is 0 Å². The van der Waals surface area contributed by atoms with Crippen molar-refractivity contribution in [3.8, 4) is 17.2 Å². The summed E-state index contributed by atoms with van der Waals surface area (Å²) in [5.74, 6) is 1.36. The summed E-state index contributed by atoms with van der Waals surface area (Å²) in [5, 5.41) is 0. The number of benzene rings is 1. The molecule has 0 saturated heterocycles. The maximum Gasteiger partial charge on any atom is 0.333 e. The van der Waals surface area contributed by atoms with Crippen LogP contribution in [0.1, 0.15) is 19.4 Å². The molecule has 0 aliphatic heterocycles. The van der Waals surface area contributed by atoms with Gasteiger partial charge in [-0.05, 0) is 37.6 Å². The van der Waals surface area contributed by atoms with Gasteiger partial charge in [-0.3, -0.25) is 0 Å². The fourth-order valence-electron chi connectivity index (χ4n) is 1.74. The van der Waals surface area contributed by atoms with Gasteiger partial charge in [-0.15, -0.1) is 0 Å². The highest BCUT2D eigenvalue weighted by molar-refractivity contribution is 5.87. The molecule has 0 saturated carbocycles. The van der Waals surface area contributed by atoms with Crippen molar-refractivity contribution in [2.24, 2.45) is 0 Å². The van der Waals surface area contributed by atoms with Crippen molar-refractivity contribution in [3.05, 3.63) is 35.4 Å². The molecule has 0 N–H and O–H groups in total. The Kier molecular flexibility index (Phi) is 7.02. The maximum absolute atomic E-state index is 11.5. The number of hydrogen-bond acceptors (Lipinski definition) is 5. The molecule has 0 spiro atoms. The molecular weight excluding hydrogens is 284 g/mol. The van der Waals surface area contributed by atoms with Crippen molar-refractivity contribution in [3.63, 3.8) is 0 Å². The number of rotatable bonds is 7. The molecule has 0 aliphatic rings. The Morgan fingerprint density at radius 2 is 1.68 bits per heavy atom. The predicted octanol–water partition coefficient (Wildman–Crippen LogP) is 3.24. The third kappa shape index (κ3) is 4.55. The second kappa shape index (κ2) is 8.77. The average molecular weight is 306 g/mol. The number of ether oxygens (including phenoxy) is 4. The van der Waals surface area contributed by atoms with Crippen molar-refractivity contribution < 1.29 is 23.7 Å². The predicted molar refractivity (Wildman–Crippen MR) is 85.5 cm³/mol. The first-order valence-electron chi connectivity index (χ1n) is 6.84. The summed E-state index contributed by atoms with van der Waals surface area (Å²) in [6.45, 7) is 3.70. The average Bonchev–Trinajstić information content (AvgIpc) is 2.56. The first-order chi connectivity index (χ1) is 10.6. The molecule has 22 heavy (non-hydrogen) atoms. The normalized spacial score (nSPS) is 11.4. The number of esters is 1. The number of hydrogen-bond donors (Lipinski definition) is 0. The standard InChI is InChI=1S/C17H22O5/c1-6-12(2)17(18)22-9-7-8-13-10-14(19-3)16(21-5)15(11-13)20-4/h6-8,10-11H,9H2,1-5H3. The zero-order valence-electron chi connectivity index (χ0n) is 13.6. The van der Waals surface area contributed by atoms with E-state index in [1.807, 2.05) is 18.2 Å². The second-order valence-electron chi connectivity index (χ2n) is 4.43. The van der Waals surface area contributed by atoms with Gasteiger partial charge in [-0.2, -0.15) is 0 Å². The molecule has 0 aromatic heterocycles. The van der Waals surface area contributed by atoms with Crippen molar-refractivity contribution in [2.75, 3.05) is 27.9 Å². The third-order valence-electron chi connectivity index (χ3n) is 3.06. The Morgan fingerprint density at radius 1 is 1.09 bits per heavy atom. The van der Waals surface area contributed by atoms with Gasteiger partial charge in [-0.1, -0.05) is 12.2 Å². The summed E-state index contributed by atoms with van der Waals surface area (Å²) in [6.07, 6.45) is 5.29. The fraction of sp³-hybridized carbons (Fsp3) is 0.353. The molecule has 120 valence electrons. The zero-order valence-corrected chi connectivity index (χ0v) is 13.6. The van der Waals surface area contributed by atoms with E-state index in [1.165, 1.54) is 0 Å². The molecule has 0 amide bonds. The van der Waals surface area contributed by atoms with Crippen LogP contribution in [0.15, 0.2) is 29.9 Å². The van der Waals surface area contributed by atoms with Crippen molar-refractivity contribution >= 4 is 12.0 Å². The number of carbonyl (C=O) groups is 1. The molecule has 1 aromatic carbocycles. The van der Waals surface area contributed by atoms with Gasteiger partial charge in [-0.25, -0.2) is 4.79 Å². The Morgan fingerprint density at radius 3 is 2.14 bits per heavy atom. The van der Waals surface area contributed by atoms with Crippen molar-refractivity contribution in [2.45, 2.75) is 13.8 Å². The highest BCUT2D eigenvalue weighted by Crippen LogP contribution is 2.38. The minimum atomic E-state index is -0.322. The quantitative estimate of drug-likeness (QED) is 0.572. The third-order valence-corrected chi connectivity index (χ3v) is 3.06. The van der Waals surface area contributed by atoms with Crippen LogP contribution in [-0.4, -0.2) is 33.9 Å². The van der Waals surface area contributed by atoms with E-state index in [0.717, 1.165) is 5.56 Å². The molecule has 1 rings (SSSR count). The first kappa shape index (κ1) is 17.6. The van der Waals surface area contributed by atoms with Crippen LogP contribution < -0.4 is 14.2 Å². The van der Waals surface area contributed by atoms with Crippen LogP contribution in [0, 0.1) is 0 Å². The van der Waals surface area contributed by atoms with E-state index in [1.54, 1.807) is 47.3 Å². The molecule has 0 radical (unpaired) electrons. The van der Waals surface area contributed by atoms with Crippen molar-refractivity contribution in [1.82, 2.24) is 0 Å². The lowest BCUT2D eigenvalue weighted by atomic mass is 10.1. The summed E-state index contributed by atoms with van der Waals surface area (Å²) < 4.78 is 20.9. The van der Waals surface area contributed by atoms with Crippen LogP contribution >= 0.6 is 0 Å². The summed E-state index contributed by atoms with van der Waals surface area (Å²) in [5.41, 5.74) is 1.44. The van der Waals surface area contributed by atoms with Gasteiger partial charge < -0.3 is 18.9 Å². The molecule has 0 aliphatic carbocycles. The number of carbonyl (C=O) groups excluding carboxylic acids is 1. The number of methoxy groups -OCH3 is 3. The lowest BCUT2D eigenvalue weighted by Gasteiger charge is -2.12. The fourth-order valence-corrected chi connectivity index (χ4v) is 1.74. The van der Waals surface area contributed by atoms with E-state index >= 15 is 0 Å². The monoisotopic (exact) mass is 306 g/mol. The summed E-state index contributed by atoms with van der Waals surface area (Å²) >= 11 is 0. The SMILES string of the molecule is CC=C(C)C(=O)OCC=Cc1cc(OC)c(OC)c(OC)c1. The minimum Gasteiger partial charge on any atom is -0.493 e. The lowest BCUT2D eigenvalue weighted by Crippen LogP contribution is -2.05. The molecule has 0 heterocycles. The van der Waals surface area contributed by atoms with Crippen LogP contribution in [-0.2, 0) is 9.53 Å². The molecule has 0 unspecified atom stereocenters. The van der Waals surface area contributed by atoms with Gasteiger partial charge in [0.05, 0.1) is 21.3 Å². The molecule has 0 fully saturated rings. The van der Waals surface area contributed by atoms with Crippen LogP contribution in [0.25, 0.3) is 6.08 Å². The summed E-state index contributed by atoms with van der Waals surface area (Å²) in [4.78, 5) is 11.5. The highest BCUT2D eigenvalue weighted by Gasteiger charge is 2.11. The van der Waals surface area contributed by atoms with Crippen LogP contribution in [0.4, 0.5) is 0 Å². The molecule has 5 heteroatoms. The largest absolute Gasteiger partial charge is 0.493 e. The molecular formula is C17H22O5. The van der Waals surface area contributed by atoms with E-state index in [4.69, 9.17) is 18.9 Å². The Balaban J connectivity index is 2.81. The number of allylic oxidation sites excluding steroid dienone is 1. The van der Waals surface area contributed by atoms with Gasteiger partial charge in [0.25, 0.3) is 0 Å². The van der Waals surface area contributed by atoms with Gasteiger partial charge >= 0.3 is 5.97 Å². The van der Waals surface area contributed by atoms with Crippen LogP contribution in [0.5, 0.6) is 17.2 Å². The zero-order chi connectivity index (χ0) is 16.5. The lowest BCUT2D eigenvalue weighted by molar-refractivity contribution is -0.137. The maximum atomic E-state index is 11.5. The van der Waals surface area contributed by atoms with Gasteiger partial charge in [0.15, 0.2) is 11.5 Å². The van der Waals surface area contributed by atoms with E-state index in [-0.39, 0.29) is 12.6 Å². The smallest absolute Gasteiger partial charge is 0.333 e. The van der Waals surface area contributed by atoms with Crippen LogP contribution in [0.3, 0.4) is 0 Å². The van der Waals surface area contributed by atoms with Gasteiger partial charge in [0.2, 0.25) is 5.75 Å². The van der Waals surface area contributed by atoms with E-state index < -0.39 is 0 Å². The Bertz CT molecular complexity index is 547. The van der Waals surface area contributed by atoms with E-state index in [2.05, 4.69) is 0 Å². The Labute approximate surface area is 131 Å². The molecule has 0 atom stereocenters. The molecule has 0 bridgehead atoms. The Hall–Kier alpha value is -2.43. The minimum absolute atomic E-state index is 0.195. The van der Waals surface area contributed by atoms with Crippen molar-refractivity contribution in [1.29, 1.82) is 0 Å². The highest BCUT2D eigenvalue weighted by atomic mass is 16.5. The molecule has 5 nitrogen and oxygen atoms in total. The van der Waals surface area contributed by atoms with Gasteiger partial charge in [0.1, 0.15) is 6.61 Å². The topological polar surface area (TPSA) is 54.0 Å². The molecule has 1 aromatic rings. The van der Waals surface area contributed by atoms with E-state index in [9.17, 15) is 4.79 Å². The summed E-state index contributed by atoms with van der Waals surface area (Å²) in [7, 11) is 4.68. The second-order valence-corrected chi connectivity index (χ2v) is 4.43. The van der Waals surface area contributed by atoms with Gasteiger partial charge in [0, 0.05) is 5.57 Å². The van der Waals surface area contributed by atoms with E-state index in [0.29, 0.717) is 22.8 Å². The first-order valence-corrected chi connectivity index (χ1v) is 6.84.